The maximum absolute atomic E-state index is 10.4. The van der Waals surface area contributed by atoms with Gasteiger partial charge in [0, 0.05) is 30.5 Å². The zero-order chi connectivity index (χ0) is 22.4. The van der Waals surface area contributed by atoms with Crippen molar-refractivity contribution in [2.75, 3.05) is 19.7 Å². The van der Waals surface area contributed by atoms with E-state index in [-0.39, 0.29) is 18.3 Å². The van der Waals surface area contributed by atoms with Crippen LogP contribution in [-0.2, 0) is 4.74 Å². The first kappa shape index (κ1) is 20.7. The first-order chi connectivity index (χ1) is 15.9. The molecule has 8 aliphatic rings. The summed E-state index contributed by atoms with van der Waals surface area (Å²) in [5.74, 6) is 4.00. The number of ether oxygens (including phenoxy) is 1. The molecule has 7 fully saturated rings. The summed E-state index contributed by atoms with van der Waals surface area (Å²) >= 11 is 0. The van der Waals surface area contributed by atoms with E-state index in [1.165, 1.54) is 51.4 Å². The SMILES string of the molecule is C[C@H]1C[C@H]2O[C@@]34CC[C@H]5[C@@H]6CC=C7C[C@@H](O)CC[C@]7(C)[C@H]6CC56CC63C[C@@H]4[C@@H]2N(CCO)C1. The van der Waals surface area contributed by atoms with Crippen LogP contribution in [0.3, 0.4) is 0 Å². The van der Waals surface area contributed by atoms with Gasteiger partial charge >= 0.3 is 0 Å². The van der Waals surface area contributed by atoms with Gasteiger partial charge in [0.05, 0.1) is 24.4 Å². The smallest absolute Gasteiger partial charge is 0.0793 e. The monoisotopic (exact) mass is 453 g/mol. The van der Waals surface area contributed by atoms with Crippen LogP contribution < -0.4 is 0 Å². The first-order valence-electron chi connectivity index (χ1n) is 14.3. The number of piperidine rings is 1. The Balaban J connectivity index is 1.12. The molecule has 5 saturated carbocycles. The first-order valence-corrected chi connectivity index (χ1v) is 14.3. The van der Waals surface area contributed by atoms with Crippen LogP contribution >= 0.6 is 0 Å². The molecule has 8 rings (SSSR count). The molecule has 0 aromatic carbocycles. The van der Waals surface area contributed by atoms with Gasteiger partial charge in [-0.2, -0.15) is 0 Å². The van der Waals surface area contributed by atoms with E-state index in [2.05, 4.69) is 24.8 Å². The number of aliphatic hydroxyl groups is 2. The lowest BCUT2D eigenvalue weighted by Gasteiger charge is -2.60. The highest BCUT2D eigenvalue weighted by Crippen LogP contribution is 2.93. The minimum absolute atomic E-state index is 0.106. The van der Waals surface area contributed by atoms with Crippen molar-refractivity contribution in [3.05, 3.63) is 11.6 Å². The summed E-state index contributed by atoms with van der Waals surface area (Å²) in [5, 5.41) is 20.1. The number of nitrogens with zero attached hydrogens (tertiary/aromatic N) is 1. The second kappa shape index (κ2) is 6.28. The van der Waals surface area contributed by atoms with E-state index in [0.29, 0.717) is 40.2 Å². The Morgan fingerprint density at radius 1 is 1.15 bits per heavy atom. The Morgan fingerprint density at radius 3 is 2.88 bits per heavy atom. The molecule has 182 valence electrons. The fraction of sp³-hybridized carbons (Fsp3) is 0.931. The van der Waals surface area contributed by atoms with E-state index in [0.717, 1.165) is 43.7 Å². The molecule has 2 saturated heterocycles. The predicted molar refractivity (Wildman–Crippen MR) is 126 cm³/mol. The molecule has 4 nitrogen and oxygen atoms in total. The second-order valence-electron chi connectivity index (χ2n) is 14.2. The summed E-state index contributed by atoms with van der Waals surface area (Å²) in [6, 6.07) is 0.558. The number of aliphatic hydroxyl groups excluding tert-OH is 2. The molecule has 6 aliphatic carbocycles. The molecule has 2 unspecified atom stereocenters. The molecule has 4 heteroatoms. The summed E-state index contributed by atoms with van der Waals surface area (Å²) in [6.07, 6.45) is 15.5. The van der Waals surface area contributed by atoms with Crippen LogP contribution in [-0.4, -0.2) is 58.7 Å². The molecule has 0 aromatic heterocycles. The Labute approximate surface area is 199 Å². The largest absolute Gasteiger partial charge is 0.395 e. The van der Waals surface area contributed by atoms with Gasteiger partial charge in [-0.1, -0.05) is 25.5 Å². The summed E-state index contributed by atoms with van der Waals surface area (Å²) in [4.78, 5) is 2.62. The van der Waals surface area contributed by atoms with Crippen molar-refractivity contribution in [2.24, 2.45) is 45.8 Å². The van der Waals surface area contributed by atoms with E-state index in [1.54, 1.807) is 5.57 Å². The molecular weight excluding hydrogens is 410 g/mol. The van der Waals surface area contributed by atoms with Gasteiger partial charge in [0.15, 0.2) is 0 Å². The fourth-order valence-corrected chi connectivity index (χ4v) is 12.3. The lowest BCUT2D eigenvalue weighted by Crippen LogP contribution is -2.64. The van der Waals surface area contributed by atoms with Gasteiger partial charge in [-0.15, -0.1) is 0 Å². The molecule has 3 spiro atoms. The number of hydrogen-bond donors (Lipinski definition) is 2. The highest BCUT2D eigenvalue weighted by Gasteiger charge is 2.91. The van der Waals surface area contributed by atoms with E-state index in [9.17, 15) is 10.2 Å². The van der Waals surface area contributed by atoms with Crippen LogP contribution in [0.2, 0.25) is 0 Å². The number of likely N-dealkylation sites (tertiary alicyclic amines) is 1. The van der Waals surface area contributed by atoms with Crippen molar-refractivity contribution in [2.45, 2.75) is 102 Å². The van der Waals surface area contributed by atoms with E-state index < -0.39 is 0 Å². The van der Waals surface area contributed by atoms with Gasteiger partial charge in [-0.3, -0.25) is 4.90 Å². The minimum atomic E-state index is -0.106. The van der Waals surface area contributed by atoms with E-state index in [1.807, 2.05) is 0 Å². The van der Waals surface area contributed by atoms with Crippen LogP contribution in [0.4, 0.5) is 0 Å². The molecule has 33 heavy (non-hydrogen) atoms. The highest BCUT2D eigenvalue weighted by molar-refractivity contribution is 5.42. The Morgan fingerprint density at radius 2 is 2.03 bits per heavy atom. The molecule has 0 bridgehead atoms. The average molecular weight is 454 g/mol. The van der Waals surface area contributed by atoms with Crippen LogP contribution in [0, 0.1) is 45.8 Å². The van der Waals surface area contributed by atoms with Crippen LogP contribution in [0.5, 0.6) is 0 Å². The Hall–Kier alpha value is -0.420. The molecule has 0 aromatic rings. The predicted octanol–water partition coefficient (Wildman–Crippen LogP) is 4.15. The molecule has 2 heterocycles. The highest BCUT2D eigenvalue weighted by atomic mass is 16.5. The molecular formula is C29H43NO3. The van der Waals surface area contributed by atoms with Gasteiger partial charge in [0.25, 0.3) is 0 Å². The third-order valence-electron chi connectivity index (χ3n) is 13.4. The number of β-amino-alcohol motifs (C(OH)–C–C–N with tert-alkyl or cyclic N) is 1. The van der Waals surface area contributed by atoms with Crippen molar-refractivity contribution >= 4 is 0 Å². The van der Waals surface area contributed by atoms with Crippen molar-refractivity contribution in [1.29, 1.82) is 0 Å². The van der Waals surface area contributed by atoms with Gasteiger partial charge in [0.1, 0.15) is 0 Å². The fourth-order valence-electron chi connectivity index (χ4n) is 12.3. The van der Waals surface area contributed by atoms with Crippen molar-refractivity contribution in [1.82, 2.24) is 4.90 Å². The third-order valence-corrected chi connectivity index (χ3v) is 13.4. The van der Waals surface area contributed by atoms with Crippen molar-refractivity contribution in [3.8, 4) is 0 Å². The van der Waals surface area contributed by atoms with Gasteiger partial charge in [-0.05, 0) is 98.7 Å². The summed E-state index contributed by atoms with van der Waals surface area (Å²) < 4.78 is 7.28. The third kappa shape index (κ3) is 2.18. The zero-order valence-electron chi connectivity index (χ0n) is 20.6. The normalized spacial score (nSPS) is 62.5. The quantitative estimate of drug-likeness (QED) is 0.617. The number of allylic oxidation sites excluding steroid dienone is 1. The number of hydrogen-bond acceptors (Lipinski definition) is 4. The average Bonchev–Trinajstić information content (AvgIpc) is 3.25. The maximum Gasteiger partial charge on any atom is 0.0793 e. The molecule has 12 atom stereocenters. The lowest BCUT2D eigenvalue weighted by atomic mass is 9.47. The second-order valence-corrected chi connectivity index (χ2v) is 14.2. The van der Waals surface area contributed by atoms with E-state index >= 15 is 0 Å². The topological polar surface area (TPSA) is 52.9 Å². The van der Waals surface area contributed by atoms with Crippen molar-refractivity contribution in [3.63, 3.8) is 0 Å². The van der Waals surface area contributed by atoms with Crippen LogP contribution in [0.25, 0.3) is 0 Å². The standard InChI is InChI=1S/C29H43NO3/c1-17-11-24-25(30(15-17)9-10-31)23-14-28-16-27(28)13-22-20(21(27)6-8-29(23,28)33-24)4-3-18-12-19(32)5-7-26(18,22)2/h3,17,19-25,31-32H,4-16H2,1-2H3/t17-,19-,20-,21-,22-,23+,24+,25-,26-,27?,28?,29+/m0/s1. The molecule has 2 aliphatic heterocycles. The van der Waals surface area contributed by atoms with Gasteiger partial charge in [0.2, 0.25) is 0 Å². The summed E-state index contributed by atoms with van der Waals surface area (Å²) in [6.45, 7) is 7.19. The minimum Gasteiger partial charge on any atom is -0.395 e. The van der Waals surface area contributed by atoms with Gasteiger partial charge in [-0.25, -0.2) is 0 Å². The Bertz CT molecular complexity index is 919. The number of rotatable bonds is 2. The van der Waals surface area contributed by atoms with E-state index in [4.69, 9.17) is 4.74 Å². The molecule has 0 radical (unpaired) electrons. The lowest BCUT2D eigenvalue weighted by molar-refractivity contribution is -0.211. The maximum atomic E-state index is 10.4. The Kier molecular flexibility index (Phi) is 3.95. The van der Waals surface area contributed by atoms with Crippen LogP contribution in [0.1, 0.15) is 78.1 Å². The molecule has 2 N–H and O–H groups in total. The molecule has 0 amide bonds. The van der Waals surface area contributed by atoms with Crippen LogP contribution in [0.15, 0.2) is 11.6 Å². The zero-order valence-corrected chi connectivity index (χ0v) is 20.6. The van der Waals surface area contributed by atoms with Crippen molar-refractivity contribution < 1.29 is 14.9 Å². The number of fused-ring (bicyclic) bond motifs is 6. The summed E-state index contributed by atoms with van der Waals surface area (Å²) in [5.41, 5.74) is 3.13. The van der Waals surface area contributed by atoms with Gasteiger partial charge < -0.3 is 14.9 Å². The summed E-state index contributed by atoms with van der Waals surface area (Å²) in [7, 11) is 0.